The average molecular weight is 248 g/mol. The molecular weight excluding hydrogens is 240 g/mol. The highest BCUT2D eigenvalue weighted by molar-refractivity contribution is 8.00. The number of nitrogens with one attached hydrogen (secondary N) is 1. The molecule has 3 rings (SSSR count). The van der Waals surface area contributed by atoms with Crippen LogP contribution in [0.2, 0.25) is 0 Å². The summed E-state index contributed by atoms with van der Waals surface area (Å²) in [6, 6.07) is 10.9. The molecule has 2 aromatic rings. The Hall–Kier alpha value is -1.95. The van der Waals surface area contributed by atoms with Gasteiger partial charge in [0.2, 0.25) is 0 Å². The Balaban J connectivity index is 1.86. The predicted octanol–water partition coefficient (Wildman–Crippen LogP) is 3.40. The van der Waals surface area contributed by atoms with Crippen LogP contribution in [0.5, 0.6) is 0 Å². The molecule has 0 fully saturated rings. The SMILES string of the molecule is O=[N+]([O-])c1ccc(C2Nc3ccccc3S2)o1. The van der Waals surface area contributed by atoms with Gasteiger partial charge in [-0.2, -0.15) is 0 Å². The molecule has 1 unspecified atom stereocenters. The van der Waals surface area contributed by atoms with E-state index in [-0.39, 0.29) is 11.3 Å². The van der Waals surface area contributed by atoms with Gasteiger partial charge >= 0.3 is 5.88 Å². The van der Waals surface area contributed by atoms with Gasteiger partial charge in [-0.25, -0.2) is 0 Å². The second-order valence-corrected chi connectivity index (χ2v) is 4.72. The van der Waals surface area contributed by atoms with Crippen LogP contribution in [0.15, 0.2) is 45.7 Å². The normalized spacial score (nSPS) is 17.5. The lowest BCUT2D eigenvalue weighted by Crippen LogP contribution is -1.99. The van der Waals surface area contributed by atoms with Crippen LogP contribution in [0.25, 0.3) is 0 Å². The number of thioether (sulfide) groups is 1. The van der Waals surface area contributed by atoms with Crippen LogP contribution in [-0.2, 0) is 0 Å². The quantitative estimate of drug-likeness (QED) is 0.651. The number of benzene rings is 1. The molecule has 0 spiro atoms. The molecule has 0 aliphatic carbocycles. The fourth-order valence-corrected chi connectivity index (χ4v) is 2.79. The topological polar surface area (TPSA) is 68.3 Å². The van der Waals surface area contributed by atoms with E-state index in [1.54, 1.807) is 17.8 Å². The zero-order chi connectivity index (χ0) is 11.8. The summed E-state index contributed by atoms with van der Waals surface area (Å²) >= 11 is 1.59. The standard InChI is InChI=1S/C11H8N2O3S/c14-13(15)10-6-5-8(16-10)11-12-7-3-1-2-4-9(7)17-11/h1-6,11-12H. The number of para-hydroxylation sites is 1. The minimum absolute atomic E-state index is 0.0962. The lowest BCUT2D eigenvalue weighted by atomic mass is 10.3. The van der Waals surface area contributed by atoms with Gasteiger partial charge in [0.1, 0.15) is 16.1 Å². The van der Waals surface area contributed by atoms with Crippen molar-refractivity contribution in [3.63, 3.8) is 0 Å². The van der Waals surface area contributed by atoms with E-state index in [9.17, 15) is 10.1 Å². The number of furan rings is 1. The van der Waals surface area contributed by atoms with Gasteiger partial charge in [0, 0.05) is 10.6 Å². The molecular formula is C11H8N2O3S. The molecule has 1 aliphatic heterocycles. The highest BCUT2D eigenvalue weighted by Crippen LogP contribution is 2.46. The lowest BCUT2D eigenvalue weighted by molar-refractivity contribution is -0.402. The molecule has 5 nitrogen and oxygen atoms in total. The second-order valence-electron chi connectivity index (χ2n) is 3.57. The first-order chi connectivity index (χ1) is 8.24. The Kier molecular flexibility index (Phi) is 2.29. The Morgan fingerprint density at radius 3 is 2.82 bits per heavy atom. The van der Waals surface area contributed by atoms with Crippen molar-refractivity contribution in [3.8, 4) is 0 Å². The van der Waals surface area contributed by atoms with Crippen molar-refractivity contribution < 1.29 is 9.34 Å². The van der Waals surface area contributed by atoms with E-state index in [1.807, 2.05) is 24.3 Å². The summed E-state index contributed by atoms with van der Waals surface area (Å²) in [7, 11) is 0. The maximum Gasteiger partial charge on any atom is 0.433 e. The molecule has 1 aromatic heterocycles. The lowest BCUT2D eigenvalue weighted by Gasteiger charge is -2.05. The van der Waals surface area contributed by atoms with Crippen molar-refractivity contribution in [2.75, 3.05) is 5.32 Å². The molecule has 17 heavy (non-hydrogen) atoms. The minimum Gasteiger partial charge on any atom is -0.403 e. The predicted molar refractivity (Wildman–Crippen MR) is 64.0 cm³/mol. The summed E-state index contributed by atoms with van der Waals surface area (Å²) in [5.74, 6) is 0.344. The average Bonchev–Trinajstić information content (AvgIpc) is 2.95. The maximum absolute atomic E-state index is 10.5. The van der Waals surface area contributed by atoms with Crippen LogP contribution in [-0.4, -0.2) is 4.92 Å². The van der Waals surface area contributed by atoms with Crippen molar-refractivity contribution in [2.45, 2.75) is 10.3 Å². The van der Waals surface area contributed by atoms with Crippen LogP contribution in [0.4, 0.5) is 11.6 Å². The summed E-state index contributed by atoms with van der Waals surface area (Å²) < 4.78 is 5.18. The van der Waals surface area contributed by atoms with Crippen molar-refractivity contribution in [1.29, 1.82) is 0 Å². The number of nitrogens with zero attached hydrogens (tertiary/aromatic N) is 1. The number of hydrogen-bond donors (Lipinski definition) is 1. The molecule has 0 radical (unpaired) electrons. The number of hydrogen-bond acceptors (Lipinski definition) is 5. The van der Waals surface area contributed by atoms with E-state index >= 15 is 0 Å². The van der Waals surface area contributed by atoms with Crippen LogP contribution in [0.1, 0.15) is 11.1 Å². The molecule has 0 amide bonds. The zero-order valence-corrected chi connectivity index (χ0v) is 9.44. The van der Waals surface area contributed by atoms with E-state index in [0.29, 0.717) is 5.76 Å². The van der Waals surface area contributed by atoms with Crippen molar-refractivity contribution in [1.82, 2.24) is 0 Å². The smallest absolute Gasteiger partial charge is 0.403 e. The van der Waals surface area contributed by atoms with Gasteiger partial charge in [0.25, 0.3) is 0 Å². The molecule has 1 aliphatic rings. The van der Waals surface area contributed by atoms with Gasteiger partial charge in [-0.3, -0.25) is 10.1 Å². The van der Waals surface area contributed by atoms with Gasteiger partial charge in [-0.05, 0) is 18.2 Å². The van der Waals surface area contributed by atoms with Gasteiger partial charge in [-0.15, -0.1) is 0 Å². The first-order valence-corrected chi connectivity index (χ1v) is 5.88. The summed E-state index contributed by atoms with van der Waals surface area (Å²) in [5.41, 5.74) is 1.03. The van der Waals surface area contributed by atoms with E-state index in [4.69, 9.17) is 4.42 Å². The molecule has 0 bridgehead atoms. The number of nitro groups is 1. The number of fused-ring (bicyclic) bond motifs is 1. The highest BCUT2D eigenvalue weighted by atomic mass is 32.2. The summed E-state index contributed by atoms with van der Waals surface area (Å²) in [4.78, 5) is 11.1. The first kappa shape index (κ1) is 10.2. The molecule has 0 saturated carbocycles. The molecule has 1 N–H and O–H groups in total. The van der Waals surface area contributed by atoms with Gasteiger partial charge < -0.3 is 9.73 Å². The Morgan fingerprint density at radius 2 is 2.12 bits per heavy atom. The fraction of sp³-hybridized carbons (Fsp3) is 0.0909. The zero-order valence-electron chi connectivity index (χ0n) is 8.62. The van der Waals surface area contributed by atoms with Gasteiger partial charge in [-0.1, -0.05) is 23.9 Å². The van der Waals surface area contributed by atoms with Crippen LogP contribution >= 0.6 is 11.8 Å². The first-order valence-electron chi connectivity index (χ1n) is 5.00. The van der Waals surface area contributed by atoms with Crippen LogP contribution < -0.4 is 5.32 Å². The Morgan fingerprint density at radius 1 is 1.29 bits per heavy atom. The third-order valence-electron chi connectivity index (χ3n) is 2.47. The minimum atomic E-state index is -0.531. The van der Waals surface area contributed by atoms with E-state index in [0.717, 1.165) is 10.6 Å². The van der Waals surface area contributed by atoms with Crippen molar-refractivity contribution >= 4 is 23.3 Å². The molecule has 86 valence electrons. The maximum atomic E-state index is 10.5. The molecule has 2 heterocycles. The van der Waals surface area contributed by atoms with E-state index < -0.39 is 4.92 Å². The number of rotatable bonds is 2. The number of anilines is 1. The summed E-state index contributed by atoms with van der Waals surface area (Å²) in [6.07, 6.45) is 0. The van der Waals surface area contributed by atoms with Crippen LogP contribution in [0.3, 0.4) is 0 Å². The fourth-order valence-electron chi connectivity index (χ4n) is 1.70. The van der Waals surface area contributed by atoms with E-state index in [1.165, 1.54) is 6.07 Å². The second kappa shape index (κ2) is 3.81. The third-order valence-corrected chi connectivity index (χ3v) is 3.67. The molecule has 1 atom stereocenters. The van der Waals surface area contributed by atoms with Gasteiger partial charge in [0.05, 0.1) is 6.07 Å². The summed E-state index contributed by atoms with van der Waals surface area (Å²) in [6.45, 7) is 0. The van der Waals surface area contributed by atoms with Gasteiger partial charge in [0.15, 0.2) is 0 Å². The van der Waals surface area contributed by atoms with Crippen molar-refractivity contribution in [3.05, 3.63) is 52.3 Å². The Bertz CT molecular complexity index is 557. The molecule has 6 heteroatoms. The molecule has 1 aromatic carbocycles. The van der Waals surface area contributed by atoms with Crippen LogP contribution in [0, 0.1) is 10.1 Å². The van der Waals surface area contributed by atoms with Crippen molar-refractivity contribution in [2.24, 2.45) is 0 Å². The molecule has 0 saturated heterocycles. The Labute approximate surface area is 101 Å². The highest BCUT2D eigenvalue weighted by Gasteiger charge is 2.26. The largest absolute Gasteiger partial charge is 0.433 e. The van der Waals surface area contributed by atoms with E-state index in [2.05, 4.69) is 5.32 Å². The monoisotopic (exact) mass is 248 g/mol. The summed E-state index contributed by atoms with van der Waals surface area (Å²) in [5, 5.41) is 13.7. The third kappa shape index (κ3) is 1.76.